The van der Waals surface area contributed by atoms with E-state index in [0.29, 0.717) is 5.56 Å². The number of rotatable bonds is 5. The molecular formula is C20H29N3O3S. The number of nitrogens with zero attached hydrogens (tertiary/aromatic N) is 1. The highest BCUT2D eigenvalue weighted by molar-refractivity contribution is 7.90. The smallest absolute Gasteiger partial charge is 0.263 e. The predicted octanol–water partition coefficient (Wildman–Crippen LogP) is 2.98. The van der Waals surface area contributed by atoms with E-state index in [2.05, 4.69) is 15.0 Å². The fourth-order valence-electron chi connectivity index (χ4n) is 3.75. The maximum atomic E-state index is 13.0. The lowest BCUT2D eigenvalue weighted by Crippen LogP contribution is -2.44. The van der Waals surface area contributed by atoms with Crippen molar-refractivity contribution in [3.63, 3.8) is 0 Å². The van der Waals surface area contributed by atoms with Gasteiger partial charge in [0.15, 0.2) is 0 Å². The van der Waals surface area contributed by atoms with Gasteiger partial charge in [-0.05, 0) is 30.9 Å². The second-order valence-corrected chi connectivity index (χ2v) is 9.26. The van der Waals surface area contributed by atoms with E-state index in [9.17, 15) is 13.2 Å². The van der Waals surface area contributed by atoms with Gasteiger partial charge < -0.3 is 5.32 Å². The normalized spacial score (nSPS) is 23.1. The molecule has 27 heavy (non-hydrogen) atoms. The Kier molecular flexibility index (Phi) is 6.19. The predicted molar refractivity (Wildman–Crippen MR) is 106 cm³/mol. The molecule has 1 aromatic rings. The summed E-state index contributed by atoms with van der Waals surface area (Å²) < 4.78 is 27.1. The molecule has 1 heterocycles. The van der Waals surface area contributed by atoms with Crippen LogP contribution in [0.5, 0.6) is 0 Å². The molecule has 2 N–H and O–H groups in total. The minimum Gasteiger partial charge on any atom is -0.352 e. The molecule has 1 fully saturated rings. The average Bonchev–Trinajstić information content (AvgIpc) is 2.81. The lowest BCUT2D eigenvalue weighted by atomic mass is 9.97. The van der Waals surface area contributed by atoms with Crippen molar-refractivity contribution in [2.75, 3.05) is 0 Å². The lowest BCUT2D eigenvalue weighted by Gasteiger charge is -2.23. The van der Waals surface area contributed by atoms with Gasteiger partial charge in [-0.2, -0.15) is 0 Å². The first-order chi connectivity index (χ1) is 12.9. The molecule has 0 radical (unpaired) electrons. The van der Waals surface area contributed by atoms with E-state index in [1.807, 2.05) is 13.8 Å². The number of hydrogen-bond donors (Lipinski definition) is 2. The number of benzene rings is 1. The van der Waals surface area contributed by atoms with Crippen LogP contribution in [0.15, 0.2) is 34.2 Å². The third-order valence-electron chi connectivity index (χ3n) is 5.58. The van der Waals surface area contributed by atoms with Gasteiger partial charge in [-0.15, -0.1) is 0 Å². The Bertz CT molecular complexity index is 812. The number of carbonyl (C=O) groups excluding carboxylic acids is 1. The fourth-order valence-corrected chi connectivity index (χ4v) is 4.99. The van der Waals surface area contributed by atoms with Crippen LogP contribution >= 0.6 is 0 Å². The number of amidine groups is 1. The first-order valence-electron chi connectivity index (χ1n) is 9.92. The zero-order chi connectivity index (χ0) is 19.4. The molecule has 0 unspecified atom stereocenters. The van der Waals surface area contributed by atoms with Crippen LogP contribution in [0.3, 0.4) is 0 Å². The van der Waals surface area contributed by atoms with Gasteiger partial charge in [-0.25, -0.2) is 8.42 Å². The molecule has 6 nitrogen and oxygen atoms in total. The van der Waals surface area contributed by atoms with Crippen LogP contribution < -0.4 is 10.0 Å². The van der Waals surface area contributed by atoms with Crippen LogP contribution in [-0.4, -0.2) is 32.2 Å². The molecule has 0 bridgehead atoms. The Labute approximate surface area is 161 Å². The topological polar surface area (TPSA) is 87.6 Å². The summed E-state index contributed by atoms with van der Waals surface area (Å²) in [6, 6.07) is 6.33. The SMILES string of the molecule is CC[C@H](C)[C@H](N=C1NS(=O)(=O)c2ccccc21)C(=O)NC1CCCCCC1. The summed E-state index contributed by atoms with van der Waals surface area (Å²) in [7, 11) is -3.60. The Morgan fingerprint density at radius 1 is 1.22 bits per heavy atom. The van der Waals surface area contributed by atoms with Gasteiger partial charge in [-0.3, -0.25) is 14.5 Å². The number of amides is 1. The number of aliphatic imine (C=N–C) groups is 1. The van der Waals surface area contributed by atoms with E-state index in [1.54, 1.807) is 24.3 Å². The first kappa shape index (κ1) is 19.9. The molecule has 1 aliphatic carbocycles. The Morgan fingerprint density at radius 2 is 1.89 bits per heavy atom. The number of hydrogen-bond acceptors (Lipinski definition) is 4. The summed E-state index contributed by atoms with van der Waals surface area (Å²) in [6.07, 6.45) is 7.52. The standard InChI is InChI=1S/C20H29N3O3S/c1-3-14(2)18(20(24)21-15-10-6-4-5-7-11-15)22-19-16-12-8-9-13-17(16)27(25,26)23-19/h8-9,12-15,18H,3-7,10-11H2,1-2H3,(H,21,24)(H,22,23)/t14-,18-/m0/s1. The van der Waals surface area contributed by atoms with Gasteiger partial charge in [-0.1, -0.05) is 58.1 Å². The van der Waals surface area contributed by atoms with E-state index in [-0.39, 0.29) is 28.6 Å². The number of fused-ring (bicyclic) bond motifs is 1. The molecule has 2 atom stereocenters. The molecule has 0 spiro atoms. The quantitative estimate of drug-likeness (QED) is 0.757. The van der Waals surface area contributed by atoms with Gasteiger partial charge in [0.25, 0.3) is 10.0 Å². The van der Waals surface area contributed by atoms with E-state index in [1.165, 1.54) is 12.8 Å². The van der Waals surface area contributed by atoms with Crippen molar-refractivity contribution in [1.29, 1.82) is 0 Å². The summed E-state index contributed by atoms with van der Waals surface area (Å²) in [5.41, 5.74) is 0.535. The molecule has 0 saturated heterocycles. The summed E-state index contributed by atoms with van der Waals surface area (Å²) in [6.45, 7) is 4.00. The second kappa shape index (κ2) is 8.42. The molecule has 0 aromatic heterocycles. The monoisotopic (exact) mass is 391 g/mol. The molecule has 3 rings (SSSR count). The third kappa shape index (κ3) is 4.51. The third-order valence-corrected chi connectivity index (χ3v) is 6.98. The lowest BCUT2D eigenvalue weighted by molar-refractivity contribution is -0.124. The fraction of sp³-hybridized carbons (Fsp3) is 0.600. The van der Waals surface area contributed by atoms with Crippen LogP contribution in [0.25, 0.3) is 0 Å². The Hall–Kier alpha value is -1.89. The van der Waals surface area contributed by atoms with Crippen LogP contribution in [0, 0.1) is 5.92 Å². The van der Waals surface area contributed by atoms with Crippen molar-refractivity contribution in [2.24, 2.45) is 10.9 Å². The summed E-state index contributed by atoms with van der Waals surface area (Å²) in [4.78, 5) is 17.8. The van der Waals surface area contributed by atoms with Crippen molar-refractivity contribution >= 4 is 21.8 Å². The van der Waals surface area contributed by atoms with Gasteiger partial charge in [0.05, 0.1) is 4.90 Å². The minimum absolute atomic E-state index is 0.0144. The highest BCUT2D eigenvalue weighted by Crippen LogP contribution is 2.24. The Balaban J connectivity index is 1.85. The molecule has 1 amide bonds. The van der Waals surface area contributed by atoms with E-state index in [0.717, 1.165) is 32.1 Å². The van der Waals surface area contributed by atoms with E-state index < -0.39 is 16.1 Å². The molecule has 1 saturated carbocycles. The zero-order valence-corrected chi connectivity index (χ0v) is 16.9. The van der Waals surface area contributed by atoms with Gasteiger partial charge in [0, 0.05) is 11.6 Å². The molecule has 7 heteroatoms. The van der Waals surface area contributed by atoms with Crippen LogP contribution in [0.1, 0.15) is 64.4 Å². The van der Waals surface area contributed by atoms with Crippen LogP contribution in [-0.2, 0) is 14.8 Å². The van der Waals surface area contributed by atoms with Crippen molar-refractivity contribution in [3.05, 3.63) is 29.8 Å². The first-order valence-corrected chi connectivity index (χ1v) is 11.4. The largest absolute Gasteiger partial charge is 0.352 e. The van der Waals surface area contributed by atoms with Gasteiger partial charge in [0.2, 0.25) is 5.91 Å². The second-order valence-electron chi connectivity index (χ2n) is 7.61. The maximum absolute atomic E-state index is 13.0. The number of nitrogens with one attached hydrogen (secondary N) is 2. The summed E-state index contributed by atoms with van der Waals surface area (Å²) >= 11 is 0. The highest BCUT2D eigenvalue weighted by atomic mass is 32.2. The molecular weight excluding hydrogens is 362 g/mol. The molecule has 1 aliphatic heterocycles. The van der Waals surface area contributed by atoms with Crippen LogP contribution in [0.4, 0.5) is 0 Å². The van der Waals surface area contributed by atoms with Gasteiger partial charge >= 0.3 is 0 Å². The van der Waals surface area contributed by atoms with E-state index >= 15 is 0 Å². The average molecular weight is 392 g/mol. The maximum Gasteiger partial charge on any atom is 0.263 e. The molecule has 2 aliphatic rings. The number of sulfonamides is 1. The van der Waals surface area contributed by atoms with Crippen molar-refractivity contribution < 1.29 is 13.2 Å². The van der Waals surface area contributed by atoms with Crippen molar-refractivity contribution in [2.45, 2.75) is 75.8 Å². The minimum atomic E-state index is -3.60. The van der Waals surface area contributed by atoms with Gasteiger partial charge in [0.1, 0.15) is 11.9 Å². The zero-order valence-electron chi connectivity index (χ0n) is 16.1. The number of carbonyl (C=O) groups is 1. The summed E-state index contributed by atoms with van der Waals surface area (Å²) in [5.74, 6) is 0.180. The molecule has 1 aromatic carbocycles. The summed E-state index contributed by atoms with van der Waals surface area (Å²) in [5, 5.41) is 3.17. The van der Waals surface area contributed by atoms with Crippen molar-refractivity contribution in [3.8, 4) is 0 Å². The highest BCUT2D eigenvalue weighted by Gasteiger charge is 2.33. The van der Waals surface area contributed by atoms with Crippen LogP contribution in [0.2, 0.25) is 0 Å². The molecule has 148 valence electrons. The van der Waals surface area contributed by atoms with Crippen molar-refractivity contribution in [1.82, 2.24) is 10.0 Å². The van der Waals surface area contributed by atoms with E-state index in [4.69, 9.17) is 0 Å². The Morgan fingerprint density at radius 3 is 2.56 bits per heavy atom.